The number of pyridine rings is 1. The van der Waals surface area contributed by atoms with E-state index in [0.29, 0.717) is 17.7 Å². The molecule has 1 aromatic carbocycles. The van der Waals surface area contributed by atoms with Gasteiger partial charge in [0.05, 0.1) is 0 Å². The molecule has 0 saturated heterocycles. The summed E-state index contributed by atoms with van der Waals surface area (Å²) < 4.78 is 0. The zero-order valence-corrected chi connectivity index (χ0v) is 9.84. The summed E-state index contributed by atoms with van der Waals surface area (Å²) in [6.45, 7) is 0.0246. The maximum absolute atomic E-state index is 12.0. The Labute approximate surface area is 105 Å². The van der Waals surface area contributed by atoms with Crippen molar-refractivity contribution in [3.8, 4) is 0 Å². The minimum absolute atomic E-state index is 0.0246. The van der Waals surface area contributed by atoms with Crippen LogP contribution in [0.15, 0.2) is 48.7 Å². The Hall–Kier alpha value is -2.20. The van der Waals surface area contributed by atoms with E-state index in [1.807, 2.05) is 30.3 Å². The predicted molar refractivity (Wildman–Crippen MR) is 69.4 cm³/mol. The summed E-state index contributed by atoms with van der Waals surface area (Å²) in [6, 6.07) is 12.6. The molecule has 0 unspecified atom stereocenters. The van der Waals surface area contributed by atoms with Crippen LogP contribution in [0.1, 0.15) is 16.1 Å². The van der Waals surface area contributed by atoms with Gasteiger partial charge in [-0.25, -0.2) is 0 Å². The van der Waals surface area contributed by atoms with Crippen molar-refractivity contribution in [1.82, 2.24) is 4.98 Å². The Morgan fingerprint density at radius 2 is 2.00 bits per heavy atom. The van der Waals surface area contributed by atoms with Crippen molar-refractivity contribution in [1.29, 1.82) is 0 Å². The van der Waals surface area contributed by atoms with E-state index in [1.54, 1.807) is 18.3 Å². The largest absolute Gasteiger partial charge is 0.396 e. The van der Waals surface area contributed by atoms with Gasteiger partial charge < -0.3 is 10.4 Å². The van der Waals surface area contributed by atoms with Gasteiger partial charge in [-0.05, 0) is 24.3 Å². The van der Waals surface area contributed by atoms with Crippen LogP contribution < -0.4 is 5.32 Å². The number of nitrogens with one attached hydrogen (secondary N) is 1. The van der Waals surface area contributed by atoms with E-state index >= 15 is 0 Å². The van der Waals surface area contributed by atoms with E-state index in [0.717, 1.165) is 5.69 Å². The fraction of sp³-hybridized carbons (Fsp3) is 0.143. The second-order valence-corrected chi connectivity index (χ2v) is 3.83. The lowest BCUT2D eigenvalue weighted by atomic mass is 10.2. The number of aliphatic hydroxyl groups is 1. The Morgan fingerprint density at radius 1 is 1.22 bits per heavy atom. The molecule has 2 aromatic rings. The molecule has 4 nitrogen and oxygen atoms in total. The van der Waals surface area contributed by atoms with Crippen LogP contribution in [0.2, 0.25) is 0 Å². The van der Waals surface area contributed by atoms with Crippen molar-refractivity contribution in [2.45, 2.75) is 6.42 Å². The van der Waals surface area contributed by atoms with E-state index in [2.05, 4.69) is 10.3 Å². The Kier molecular flexibility index (Phi) is 4.04. The maximum atomic E-state index is 12.0. The quantitative estimate of drug-likeness (QED) is 0.860. The fourth-order valence-electron chi connectivity index (χ4n) is 1.60. The standard InChI is InChI=1S/C14H14N2O2/c17-9-7-13-10-11(6-8-15-13)14(18)16-12-4-2-1-3-5-12/h1-6,8,10,17H,7,9H2,(H,16,18). The van der Waals surface area contributed by atoms with Crippen LogP contribution >= 0.6 is 0 Å². The van der Waals surface area contributed by atoms with Crippen LogP contribution in [0.5, 0.6) is 0 Å². The Bertz CT molecular complexity index is 526. The second kappa shape index (κ2) is 5.93. The molecule has 92 valence electrons. The number of nitrogens with zero attached hydrogens (tertiary/aromatic N) is 1. The molecule has 1 aromatic heterocycles. The van der Waals surface area contributed by atoms with E-state index in [4.69, 9.17) is 5.11 Å². The first-order chi connectivity index (χ1) is 8.79. The summed E-state index contributed by atoms with van der Waals surface area (Å²) in [5.74, 6) is -0.178. The number of benzene rings is 1. The molecule has 0 aliphatic rings. The minimum Gasteiger partial charge on any atom is -0.396 e. The number of hydrogen-bond acceptors (Lipinski definition) is 3. The van der Waals surface area contributed by atoms with Crippen molar-refractivity contribution < 1.29 is 9.90 Å². The first-order valence-corrected chi connectivity index (χ1v) is 5.72. The van der Waals surface area contributed by atoms with Gasteiger partial charge in [0.1, 0.15) is 0 Å². The first kappa shape index (κ1) is 12.3. The summed E-state index contributed by atoms with van der Waals surface area (Å²) in [5, 5.41) is 11.6. The van der Waals surface area contributed by atoms with Gasteiger partial charge in [-0.2, -0.15) is 0 Å². The number of amides is 1. The number of aromatic nitrogens is 1. The number of hydrogen-bond donors (Lipinski definition) is 2. The monoisotopic (exact) mass is 242 g/mol. The number of aliphatic hydroxyl groups excluding tert-OH is 1. The molecule has 0 spiro atoms. The van der Waals surface area contributed by atoms with E-state index in [9.17, 15) is 4.79 Å². The van der Waals surface area contributed by atoms with Crippen molar-refractivity contribution in [3.05, 3.63) is 59.9 Å². The summed E-state index contributed by atoms with van der Waals surface area (Å²) >= 11 is 0. The molecule has 1 amide bonds. The van der Waals surface area contributed by atoms with Gasteiger partial charge in [-0.15, -0.1) is 0 Å². The smallest absolute Gasteiger partial charge is 0.255 e. The Morgan fingerprint density at radius 3 is 2.72 bits per heavy atom. The van der Waals surface area contributed by atoms with Gasteiger partial charge in [-0.1, -0.05) is 18.2 Å². The van der Waals surface area contributed by atoms with Gasteiger partial charge in [0.25, 0.3) is 5.91 Å². The van der Waals surface area contributed by atoms with Gasteiger partial charge in [-0.3, -0.25) is 9.78 Å². The molecule has 4 heteroatoms. The maximum Gasteiger partial charge on any atom is 0.255 e. The minimum atomic E-state index is -0.178. The zero-order chi connectivity index (χ0) is 12.8. The highest BCUT2D eigenvalue weighted by Crippen LogP contribution is 2.09. The molecule has 1 heterocycles. The molecule has 0 fully saturated rings. The summed E-state index contributed by atoms with van der Waals surface area (Å²) in [4.78, 5) is 16.0. The highest BCUT2D eigenvalue weighted by molar-refractivity contribution is 6.04. The summed E-state index contributed by atoms with van der Waals surface area (Å²) in [5.41, 5.74) is 2.00. The zero-order valence-electron chi connectivity index (χ0n) is 9.84. The van der Waals surface area contributed by atoms with Crippen LogP contribution in [0.3, 0.4) is 0 Å². The van der Waals surface area contributed by atoms with Gasteiger partial charge >= 0.3 is 0 Å². The van der Waals surface area contributed by atoms with E-state index in [-0.39, 0.29) is 12.5 Å². The molecular formula is C14H14N2O2. The lowest BCUT2D eigenvalue weighted by molar-refractivity contribution is 0.102. The van der Waals surface area contributed by atoms with Gasteiger partial charge in [0.2, 0.25) is 0 Å². The van der Waals surface area contributed by atoms with Gasteiger partial charge in [0.15, 0.2) is 0 Å². The molecule has 0 aliphatic carbocycles. The number of carbonyl (C=O) groups excluding carboxylic acids is 1. The molecule has 0 saturated carbocycles. The average molecular weight is 242 g/mol. The molecule has 18 heavy (non-hydrogen) atoms. The fourth-order valence-corrected chi connectivity index (χ4v) is 1.60. The van der Waals surface area contributed by atoms with Crippen LogP contribution in [0.4, 0.5) is 5.69 Å². The van der Waals surface area contributed by atoms with Crippen molar-refractivity contribution in [2.75, 3.05) is 11.9 Å². The molecule has 2 rings (SSSR count). The van der Waals surface area contributed by atoms with Crippen LogP contribution in [0.25, 0.3) is 0 Å². The normalized spacial score (nSPS) is 10.1. The third kappa shape index (κ3) is 3.15. The van der Waals surface area contributed by atoms with Crippen molar-refractivity contribution in [3.63, 3.8) is 0 Å². The number of anilines is 1. The van der Waals surface area contributed by atoms with Crippen LogP contribution in [0, 0.1) is 0 Å². The van der Waals surface area contributed by atoms with Gasteiger partial charge in [0, 0.05) is 36.2 Å². The first-order valence-electron chi connectivity index (χ1n) is 5.72. The summed E-state index contributed by atoms with van der Waals surface area (Å²) in [7, 11) is 0. The Balaban J connectivity index is 2.11. The molecule has 0 atom stereocenters. The van der Waals surface area contributed by atoms with Crippen LogP contribution in [-0.2, 0) is 6.42 Å². The van der Waals surface area contributed by atoms with Crippen molar-refractivity contribution >= 4 is 11.6 Å². The highest BCUT2D eigenvalue weighted by atomic mass is 16.3. The topological polar surface area (TPSA) is 62.2 Å². The van der Waals surface area contributed by atoms with Crippen LogP contribution in [-0.4, -0.2) is 22.6 Å². The summed E-state index contributed by atoms with van der Waals surface area (Å²) in [6.07, 6.45) is 2.03. The lowest BCUT2D eigenvalue weighted by Gasteiger charge is -2.06. The lowest BCUT2D eigenvalue weighted by Crippen LogP contribution is -2.12. The van der Waals surface area contributed by atoms with E-state index in [1.165, 1.54) is 0 Å². The molecular weight excluding hydrogens is 228 g/mol. The predicted octanol–water partition coefficient (Wildman–Crippen LogP) is 1.87. The number of para-hydroxylation sites is 1. The molecule has 0 bridgehead atoms. The second-order valence-electron chi connectivity index (χ2n) is 3.83. The number of carbonyl (C=O) groups is 1. The third-order valence-electron chi connectivity index (χ3n) is 2.48. The van der Waals surface area contributed by atoms with Crippen molar-refractivity contribution in [2.24, 2.45) is 0 Å². The SMILES string of the molecule is O=C(Nc1ccccc1)c1ccnc(CCO)c1. The molecule has 0 aliphatic heterocycles. The average Bonchev–Trinajstić information content (AvgIpc) is 2.40. The molecule has 2 N–H and O–H groups in total. The third-order valence-corrected chi connectivity index (χ3v) is 2.48. The highest BCUT2D eigenvalue weighted by Gasteiger charge is 2.06. The molecule has 0 radical (unpaired) electrons. The van der Waals surface area contributed by atoms with E-state index < -0.39 is 0 Å². The number of rotatable bonds is 4.